The molecule has 0 aliphatic carbocycles. The molecule has 2 aliphatic heterocycles. The number of hydrogen-bond acceptors (Lipinski definition) is 4. The highest BCUT2D eigenvalue weighted by Gasteiger charge is 2.34. The molecule has 20 heavy (non-hydrogen) atoms. The zero-order valence-electron chi connectivity index (χ0n) is 12.1. The first-order chi connectivity index (χ1) is 9.75. The van der Waals surface area contributed by atoms with E-state index in [0.717, 1.165) is 57.9 Å². The molecule has 6 nitrogen and oxygen atoms in total. The molecule has 0 aromatic carbocycles. The minimum atomic E-state index is 0.0461. The first kappa shape index (κ1) is 13.6. The Kier molecular flexibility index (Phi) is 4.03. The van der Waals surface area contributed by atoms with Gasteiger partial charge >= 0.3 is 0 Å². The number of carbonyl (C=O) groups is 1. The van der Waals surface area contributed by atoms with E-state index in [0.29, 0.717) is 5.91 Å². The highest BCUT2D eigenvalue weighted by atomic mass is 16.2. The first-order valence-electron chi connectivity index (χ1n) is 7.45. The number of aryl methyl sites for hydroxylation is 1. The summed E-state index contributed by atoms with van der Waals surface area (Å²) in [6.45, 7) is 5.27. The first-order valence-corrected chi connectivity index (χ1v) is 7.45. The number of piperazine rings is 1. The fraction of sp³-hybridized carbons (Fsp3) is 0.714. The van der Waals surface area contributed by atoms with Crippen molar-refractivity contribution in [3.05, 3.63) is 18.2 Å². The van der Waals surface area contributed by atoms with Gasteiger partial charge in [-0.05, 0) is 19.4 Å². The zero-order chi connectivity index (χ0) is 13.9. The van der Waals surface area contributed by atoms with E-state index in [-0.39, 0.29) is 6.04 Å². The van der Waals surface area contributed by atoms with Gasteiger partial charge in [-0.1, -0.05) is 0 Å². The number of imidazole rings is 1. The molecule has 1 aromatic heterocycles. The maximum Gasteiger partial charge on any atom is 0.240 e. The van der Waals surface area contributed by atoms with Gasteiger partial charge in [0.1, 0.15) is 5.82 Å². The van der Waals surface area contributed by atoms with Crippen LogP contribution in [0.1, 0.15) is 18.7 Å². The van der Waals surface area contributed by atoms with Crippen LogP contribution >= 0.6 is 0 Å². The third-order valence-electron chi connectivity index (χ3n) is 4.34. The number of rotatable bonds is 3. The Balaban J connectivity index is 1.65. The van der Waals surface area contributed by atoms with E-state index in [1.165, 1.54) is 0 Å². The summed E-state index contributed by atoms with van der Waals surface area (Å²) in [5.74, 6) is 1.34. The van der Waals surface area contributed by atoms with Crippen LogP contribution < -0.4 is 5.32 Å². The van der Waals surface area contributed by atoms with Crippen LogP contribution in [-0.4, -0.2) is 64.0 Å². The molecular weight excluding hydrogens is 254 g/mol. The lowest BCUT2D eigenvalue weighted by molar-refractivity contribution is -0.136. The van der Waals surface area contributed by atoms with Crippen molar-refractivity contribution < 1.29 is 4.79 Å². The Bertz CT molecular complexity index is 466. The van der Waals surface area contributed by atoms with Crippen LogP contribution in [0, 0.1) is 0 Å². The van der Waals surface area contributed by atoms with E-state index < -0.39 is 0 Å². The molecule has 1 unspecified atom stereocenters. The second kappa shape index (κ2) is 5.93. The summed E-state index contributed by atoms with van der Waals surface area (Å²) in [7, 11) is 2.01. The van der Waals surface area contributed by atoms with Crippen molar-refractivity contribution in [2.45, 2.75) is 25.4 Å². The molecule has 0 saturated carbocycles. The van der Waals surface area contributed by atoms with Crippen molar-refractivity contribution in [3.63, 3.8) is 0 Å². The van der Waals surface area contributed by atoms with Gasteiger partial charge in [0, 0.05) is 45.6 Å². The van der Waals surface area contributed by atoms with Crippen molar-refractivity contribution in [3.8, 4) is 0 Å². The molecular formula is C14H23N5O. The summed E-state index contributed by atoms with van der Waals surface area (Å²) < 4.78 is 2.03. The number of hydrogen-bond donors (Lipinski definition) is 1. The normalized spacial score (nSPS) is 24.2. The molecule has 2 fully saturated rings. The summed E-state index contributed by atoms with van der Waals surface area (Å²) in [6, 6.07) is 0.0461. The summed E-state index contributed by atoms with van der Waals surface area (Å²) in [5, 5.41) is 3.29. The van der Waals surface area contributed by atoms with Gasteiger partial charge in [-0.25, -0.2) is 4.98 Å². The number of aromatic nitrogens is 2. The minimum absolute atomic E-state index is 0.0461. The van der Waals surface area contributed by atoms with Crippen LogP contribution in [0.2, 0.25) is 0 Å². The standard InChI is InChI=1S/C14H23N5O/c1-17-8-6-16-13(17)11-19-7-2-3-12(19)14(20)18-9-4-15-5-10-18/h6,8,12,15H,2-5,7,9-11H2,1H3. The third kappa shape index (κ3) is 2.71. The fourth-order valence-electron chi connectivity index (χ4n) is 3.12. The van der Waals surface area contributed by atoms with E-state index in [1.54, 1.807) is 0 Å². The highest BCUT2D eigenvalue weighted by Crippen LogP contribution is 2.21. The fourth-order valence-corrected chi connectivity index (χ4v) is 3.12. The van der Waals surface area contributed by atoms with Crippen LogP contribution in [0.15, 0.2) is 12.4 Å². The number of nitrogens with one attached hydrogen (secondary N) is 1. The third-order valence-corrected chi connectivity index (χ3v) is 4.34. The van der Waals surface area contributed by atoms with Gasteiger partial charge in [-0.2, -0.15) is 0 Å². The second-order valence-electron chi connectivity index (χ2n) is 5.66. The maximum absolute atomic E-state index is 12.7. The Morgan fingerprint density at radius 1 is 1.40 bits per heavy atom. The average Bonchev–Trinajstić information content (AvgIpc) is 3.09. The Morgan fingerprint density at radius 3 is 2.90 bits per heavy atom. The zero-order valence-corrected chi connectivity index (χ0v) is 12.1. The van der Waals surface area contributed by atoms with Gasteiger partial charge in [0.05, 0.1) is 12.6 Å². The maximum atomic E-state index is 12.7. The molecule has 1 atom stereocenters. The number of nitrogens with zero attached hydrogens (tertiary/aromatic N) is 4. The van der Waals surface area contributed by atoms with Crippen molar-refractivity contribution in [2.75, 3.05) is 32.7 Å². The van der Waals surface area contributed by atoms with E-state index in [1.807, 2.05) is 28.9 Å². The highest BCUT2D eigenvalue weighted by molar-refractivity contribution is 5.82. The topological polar surface area (TPSA) is 53.4 Å². The molecule has 6 heteroatoms. The summed E-state index contributed by atoms with van der Waals surface area (Å²) in [6.07, 6.45) is 5.86. The smallest absolute Gasteiger partial charge is 0.240 e. The molecule has 2 saturated heterocycles. The largest absolute Gasteiger partial charge is 0.339 e. The SMILES string of the molecule is Cn1ccnc1CN1CCCC1C(=O)N1CCNCC1. The number of amides is 1. The van der Waals surface area contributed by atoms with Crippen LogP contribution in [0.4, 0.5) is 0 Å². The van der Waals surface area contributed by atoms with E-state index in [4.69, 9.17) is 0 Å². The molecule has 1 amide bonds. The van der Waals surface area contributed by atoms with Gasteiger partial charge in [0.25, 0.3) is 0 Å². The van der Waals surface area contributed by atoms with Crippen LogP contribution in [0.3, 0.4) is 0 Å². The van der Waals surface area contributed by atoms with Crippen molar-refractivity contribution in [1.82, 2.24) is 24.7 Å². The Labute approximate surface area is 119 Å². The van der Waals surface area contributed by atoms with E-state index in [9.17, 15) is 4.79 Å². The Hall–Kier alpha value is -1.40. The van der Waals surface area contributed by atoms with E-state index in [2.05, 4.69) is 15.2 Å². The van der Waals surface area contributed by atoms with Crippen LogP contribution in [-0.2, 0) is 18.4 Å². The molecule has 110 valence electrons. The van der Waals surface area contributed by atoms with Gasteiger partial charge in [-0.3, -0.25) is 9.69 Å². The molecule has 0 radical (unpaired) electrons. The Morgan fingerprint density at radius 2 is 2.20 bits per heavy atom. The van der Waals surface area contributed by atoms with Crippen molar-refractivity contribution >= 4 is 5.91 Å². The average molecular weight is 277 g/mol. The predicted molar refractivity (Wildman–Crippen MR) is 76.1 cm³/mol. The predicted octanol–water partition coefficient (Wildman–Crippen LogP) is -0.184. The number of carbonyl (C=O) groups excluding carboxylic acids is 1. The minimum Gasteiger partial charge on any atom is -0.339 e. The molecule has 0 bridgehead atoms. The lowest BCUT2D eigenvalue weighted by atomic mass is 10.1. The lowest BCUT2D eigenvalue weighted by Gasteiger charge is -2.32. The van der Waals surface area contributed by atoms with Gasteiger partial charge < -0.3 is 14.8 Å². The van der Waals surface area contributed by atoms with Crippen LogP contribution in [0.5, 0.6) is 0 Å². The molecule has 3 rings (SSSR count). The molecule has 0 spiro atoms. The summed E-state index contributed by atoms with van der Waals surface area (Å²) in [5.41, 5.74) is 0. The van der Waals surface area contributed by atoms with Crippen molar-refractivity contribution in [2.24, 2.45) is 7.05 Å². The lowest BCUT2D eigenvalue weighted by Crippen LogP contribution is -2.52. The van der Waals surface area contributed by atoms with Crippen molar-refractivity contribution in [1.29, 1.82) is 0 Å². The molecule has 1 N–H and O–H groups in total. The van der Waals surface area contributed by atoms with Gasteiger partial charge in [0.2, 0.25) is 5.91 Å². The summed E-state index contributed by atoms with van der Waals surface area (Å²) >= 11 is 0. The molecule has 2 aliphatic rings. The molecule has 1 aromatic rings. The van der Waals surface area contributed by atoms with Gasteiger partial charge in [0.15, 0.2) is 0 Å². The van der Waals surface area contributed by atoms with Gasteiger partial charge in [-0.15, -0.1) is 0 Å². The monoisotopic (exact) mass is 277 g/mol. The second-order valence-corrected chi connectivity index (χ2v) is 5.66. The molecule has 3 heterocycles. The van der Waals surface area contributed by atoms with E-state index >= 15 is 0 Å². The number of likely N-dealkylation sites (tertiary alicyclic amines) is 1. The summed E-state index contributed by atoms with van der Waals surface area (Å²) in [4.78, 5) is 21.3. The van der Waals surface area contributed by atoms with Crippen LogP contribution in [0.25, 0.3) is 0 Å². The quantitative estimate of drug-likeness (QED) is 0.832.